The van der Waals surface area contributed by atoms with Gasteiger partial charge in [-0.25, -0.2) is 0 Å². The Morgan fingerprint density at radius 1 is 1.11 bits per heavy atom. The third-order valence-electron chi connectivity index (χ3n) is 4.00. The minimum atomic E-state index is 0.162. The van der Waals surface area contributed by atoms with Gasteiger partial charge in [0.1, 0.15) is 6.61 Å². The second-order valence-corrected chi connectivity index (χ2v) is 5.50. The van der Waals surface area contributed by atoms with Crippen LogP contribution >= 0.6 is 0 Å². The Morgan fingerprint density at radius 2 is 1.94 bits per heavy atom. The van der Waals surface area contributed by atoms with Gasteiger partial charge in [-0.3, -0.25) is 4.79 Å². The second-order valence-electron chi connectivity index (χ2n) is 5.50. The summed E-state index contributed by atoms with van der Waals surface area (Å²) in [7, 11) is 0. The first kappa shape index (κ1) is 13.8. The van der Waals surface area contributed by atoms with E-state index >= 15 is 0 Å². The normalized spacial score (nSPS) is 22.8. The lowest BCUT2D eigenvalue weighted by Crippen LogP contribution is -2.37. The molecule has 4 nitrogen and oxygen atoms in total. The summed E-state index contributed by atoms with van der Waals surface area (Å²) in [6.45, 7) is 4.68. The van der Waals surface area contributed by atoms with Gasteiger partial charge in [0, 0.05) is 19.6 Å². The molecule has 2 fully saturated rings. The van der Waals surface area contributed by atoms with Crippen LogP contribution in [0.5, 0.6) is 0 Å². The number of nitrogens with one attached hydrogen (secondary N) is 1. The summed E-state index contributed by atoms with van der Waals surface area (Å²) < 4.78 is 5.62. The Balaban J connectivity index is 1.61. The lowest BCUT2D eigenvalue weighted by molar-refractivity contribution is -0.136. The molecule has 1 heterocycles. The van der Waals surface area contributed by atoms with Gasteiger partial charge in [0.25, 0.3) is 0 Å². The topological polar surface area (TPSA) is 41.6 Å². The summed E-state index contributed by atoms with van der Waals surface area (Å²) in [6.07, 6.45) is 7.65. The van der Waals surface area contributed by atoms with E-state index in [2.05, 4.69) is 5.32 Å². The van der Waals surface area contributed by atoms with Crippen molar-refractivity contribution in [1.82, 2.24) is 10.2 Å². The molecule has 0 aromatic rings. The largest absolute Gasteiger partial charge is 0.371 e. The maximum Gasteiger partial charge on any atom is 0.248 e. The molecule has 0 aromatic heterocycles. The maximum atomic E-state index is 12.0. The van der Waals surface area contributed by atoms with Crippen LogP contribution in [0.3, 0.4) is 0 Å². The molecule has 1 aliphatic heterocycles. The monoisotopic (exact) mass is 254 g/mol. The van der Waals surface area contributed by atoms with Gasteiger partial charge >= 0.3 is 0 Å². The van der Waals surface area contributed by atoms with E-state index in [0.29, 0.717) is 5.92 Å². The Hall–Kier alpha value is -0.610. The molecule has 1 amide bonds. The molecular formula is C14H26N2O2. The first-order valence-corrected chi connectivity index (χ1v) is 7.42. The Bertz CT molecular complexity index is 244. The van der Waals surface area contributed by atoms with Crippen molar-refractivity contribution in [2.45, 2.75) is 38.5 Å². The Kier molecular flexibility index (Phi) is 5.94. The molecule has 1 aliphatic carbocycles. The van der Waals surface area contributed by atoms with E-state index in [1.807, 2.05) is 4.90 Å². The number of carbonyl (C=O) groups is 1. The first-order chi connectivity index (χ1) is 8.86. The van der Waals surface area contributed by atoms with Gasteiger partial charge in [-0.15, -0.1) is 0 Å². The number of rotatable bonds is 4. The first-order valence-electron chi connectivity index (χ1n) is 7.42. The molecule has 1 saturated heterocycles. The fourth-order valence-corrected chi connectivity index (χ4v) is 2.85. The van der Waals surface area contributed by atoms with Crippen molar-refractivity contribution in [2.24, 2.45) is 5.92 Å². The zero-order valence-electron chi connectivity index (χ0n) is 11.3. The lowest BCUT2D eigenvalue weighted by Gasteiger charge is -2.23. The van der Waals surface area contributed by atoms with Crippen LogP contribution in [0.1, 0.15) is 38.5 Å². The summed E-state index contributed by atoms with van der Waals surface area (Å²) in [5.41, 5.74) is 0. The SMILES string of the molecule is O=C(COCC1CCCCC1)N1CCCNCC1. The van der Waals surface area contributed by atoms with Crippen LogP contribution < -0.4 is 5.32 Å². The fourth-order valence-electron chi connectivity index (χ4n) is 2.85. The minimum absolute atomic E-state index is 0.162. The average Bonchev–Trinajstić information content (AvgIpc) is 2.69. The molecule has 1 N–H and O–H groups in total. The summed E-state index contributed by atoms with van der Waals surface area (Å²) >= 11 is 0. The lowest BCUT2D eigenvalue weighted by atomic mass is 9.90. The van der Waals surface area contributed by atoms with Crippen molar-refractivity contribution in [3.05, 3.63) is 0 Å². The minimum Gasteiger partial charge on any atom is -0.371 e. The van der Waals surface area contributed by atoms with E-state index in [9.17, 15) is 4.79 Å². The van der Waals surface area contributed by atoms with Crippen molar-refractivity contribution < 1.29 is 9.53 Å². The summed E-state index contributed by atoms with van der Waals surface area (Å²) in [6, 6.07) is 0. The van der Waals surface area contributed by atoms with Crippen LogP contribution in [-0.2, 0) is 9.53 Å². The molecule has 2 aliphatic rings. The van der Waals surface area contributed by atoms with E-state index < -0.39 is 0 Å². The summed E-state index contributed by atoms with van der Waals surface area (Å²) in [5, 5.41) is 3.31. The molecule has 18 heavy (non-hydrogen) atoms. The van der Waals surface area contributed by atoms with E-state index in [4.69, 9.17) is 4.74 Å². The number of nitrogens with zero attached hydrogens (tertiary/aromatic N) is 1. The molecule has 0 unspecified atom stereocenters. The van der Waals surface area contributed by atoms with Gasteiger partial charge in [-0.2, -0.15) is 0 Å². The molecule has 0 aromatic carbocycles. The summed E-state index contributed by atoms with van der Waals surface area (Å²) in [4.78, 5) is 13.9. The van der Waals surface area contributed by atoms with Crippen molar-refractivity contribution in [3.63, 3.8) is 0 Å². The van der Waals surface area contributed by atoms with E-state index in [0.717, 1.165) is 39.2 Å². The molecule has 0 atom stereocenters. The van der Waals surface area contributed by atoms with Crippen molar-refractivity contribution in [3.8, 4) is 0 Å². The van der Waals surface area contributed by atoms with Gasteiger partial charge in [0.05, 0.1) is 6.61 Å². The Labute approximate surface area is 110 Å². The number of carbonyl (C=O) groups excluding carboxylic acids is 1. The van der Waals surface area contributed by atoms with E-state index in [-0.39, 0.29) is 12.5 Å². The molecule has 1 saturated carbocycles. The molecule has 0 bridgehead atoms. The van der Waals surface area contributed by atoms with Crippen LogP contribution in [-0.4, -0.2) is 50.2 Å². The standard InChI is InChI=1S/C14H26N2O2/c17-14(16-9-4-7-15-8-10-16)12-18-11-13-5-2-1-3-6-13/h13,15H,1-12H2. The maximum absolute atomic E-state index is 12.0. The number of ether oxygens (including phenoxy) is 1. The van der Waals surface area contributed by atoms with Crippen LogP contribution in [0.4, 0.5) is 0 Å². The summed E-state index contributed by atoms with van der Waals surface area (Å²) in [5.74, 6) is 0.854. The molecular weight excluding hydrogens is 228 g/mol. The van der Waals surface area contributed by atoms with E-state index in [1.165, 1.54) is 32.1 Å². The molecule has 0 radical (unpaired) electrons. The zero-order valence-corrected chi connectivity index (χ0v) is 11.3. The van der Waals surface area contributed by atoms with Crippen molar-refractivity contribution >= 4 is 5.91 Å². The van der Waals surface area contributed by atoms with Crippen molar-refractivity contribution in [1.29, 1.82) is 0 Å². The zero-order chi connectivity index (χ0) is 12.6. The third kappa shape index (κ3) is 4.58. The average molecular weight is 254 g/mol. The van der Waals surface area contributed by atoms with Gasteiger partial charge in [0.2, 0.25) is 5.91 Å². The fraction of sp³-hybridized carbons (Fsp3) is 0.929. The van der Waals surface area contributed by atoms with Crippen LogP contribution in [0.25, 0.3) is 0 Å². The highest BCUT2D eigenvalue weighted by molar-refractivity contribution is 5.77. The number of hydrogen-bond donors (Lipinski definition) is 1. The van der Waals surface area contributed by atoms with Gasteiger partial charge in [-0.05, 0) is 31.7 Å². The highest BCUT2D eigenvalue weighted by Crippen LogP contribution is 2.23. The second kappa shape index (κ2) is 7.74. The quantitative estimate of drug-likeness (QED) is 0.824. The van der Waals surface area contributed by atoms with E-state index in [1.54, 1.807) is 0 Å². The number of amides is 1. The van der Waals surface area contributed by atoms with Gasteiger partial charge < -0.3 is 15.0 Å². The molecule has 104 valence electrons. The highest BCUT2D eigenvalue weighted by Gasteiger charge is 2.17. The highest BCUT2D eigenvalue weighted by atomic mass is 16.5. The molecule has 2 rings (SSSR count). The Morgan fingerprint density at radius 3 is 2.78 bits per heavy atom. The molecule has 0 spiro atoms. The predicted molar refractivity (Wildman–Crippen MR) is 71.5 cm³/mol. The predicted octanol–water partition coefficient (Wildman–Crippen LogP) is 1.41. The smallest absolute Gasteiger partial charge is 0.248 e. The number of hydrogen-bond acceptors (Lipinski definition) is 3. The van der Waals surface area contributed by atoms with Gasteiger partial charge in [-0.1, -0.05) is 19.3 Å². The third-order valence-corrected chi connectivity index (χ3v) is 4.00. The van der Waals surface area contributed by atoms with Crippen molar-refractivity contribution in [2.75, 3.05) is 39.4 Å². The van der Waals surface area contributed by atoms with Crippen LogP contribution in [0, 0.1) is 5.92 Å². The van der Waals surface area contributed by atoms with Crippen LogP contribution in [0.15, 0.2) is 0 Å². The van der Waals surface area contributed by atoms with Crippen LogP contribution in [0.2, 0.25) is 0 Å². The van der Waals surface area contributed by atoms with Gasteiger partial charge in [0.15, 0.2) is 0 Å². The molecule has 4 heteroatoms.